The molecule has 1 amide bonds. The minimum atomic E-state index is -0.271. The lowest BCUT2D eigenvalue weighted by atomic mass is 10.1. The van der Waals surface area contributed by atoms with E-state index in [0.29, 0.717) is 16.9 Å². The number of H-pyrrole nitrogens is 1. The summed E-state index contributed by atoms with van der Waals surface area (Å²) in [5, 5.41) is 2.76. The van der Waals surface area contributed by atoms with E-state index in [1.54, 1.807) is 42.7 Å². The number of hydrogen-bond donors (Lipinski definition) is 2. The molecule has 2 heterocycles. The second-order valence-corrected chi connectivity index (χ2v) is 5.78. The van der Waals surface area contributed by atoms with E-state index in [1.165, 1.54) is 0 Å². The van der Waals surface area contributed by atoms with Crippen molar-refractivity contribution in [3.63, 3.8) is 0 Å². The lowest BCUT2D eigenvalue weighted by molar-refractivity contribution is 0.0950. The van der Waals surface area contributed by atoms with E-state index in [2.05, 4.69) is 20.3 Å². The molecule has 132 valence electrons. The second kappa shape index (κ2) is 7.60. The predicted molar refractivity (Wildman–Crippen MR) is 96.3 cm³/mol. The molecule has 0 saturated carbocycles. The quantitative estimate of drug-likeness (QED) is 0.737. The molecule has 7 heteroatoms. The van der Waals surface area contributed by atoms with Gasteiger partial charge in [-0.15, -0.1) is 0 Å². The molecule has 0 aliphatic rings. The Labute approximate surface area is 150 Å². The van der Waals surface area contributed by atoms with Gasteiger partial charge in [0.2, 0.25) is 0 Å². The van der Waals surface area contributed by atoms with Gasteiger partial charge in [0.25, 0.3) is 11.5 Å². The normalized spacial score (nSPS) is 10.4. The van der Waals surface area contributed by atoms with Crippen LogP contribution in [0.4, 0.5) is 0 Å². The third-order valence-corrected chi connectivity index (χ3v) is 3.79. The number of aromatic nitrogens is 3. The molecule has 7 nitrogen and oxygen atoms in total. The Morgan fingerprint density at radius 1 is 1.15 bits per heavy atom. The zero-order chi connectivity index (χ0) is 18.5. The number of pyridine rings is 1. The lowest BCUT2D eigenvalue weighted by Gasteiger charge is -2.09. The van der Waals surface area contributed by atoms with Gasteiger partial charge in [-0.05, 0) is 55.8 Å². The van der Waals surface area contributed by atoms with Crippen LogP contribution in [0.1, 0.15) is 27.2 Å². The summed E-state index contributed by atoms with van der Waals surface area (Å²) in [4.78, 5) is 35.0. The zero-order valence-corrected chi connectivity index (χ0v) is 14.4. The van der Waals surface area contributed by atoms with Gasteiger partial charge in [-0.3, -0.25) is 9.59 Å². The second-order valence-electron chi connectivity index (χ2n) is 5.78. The molecule has 0 radical (unpaired) electrons. The van der Waals surface area contributed by atoms with Gasteiger partial charge in [0, 0.05) is 35.8 Å². The van der Waals surface area contributed by atoms with Crippen molar-refractivity contribution in [1.82, 2.24) is 20.3 Å². The first-order valence-corrected chi connectivity index (χ1v) is 8.05. The smallest absolute Gasteiger partial charge is 0.321 e. The molecule has 3 aromatic rings. The van der Waals surface area contributed by atoms with E-state index >= 15 is 0 Å². The van der Waals surface area contributed by atoms with Gasteiger partial charge in [-0.25, -0.2) is 9.97 Å². The van der Waals surface area contributed by atoms with E-state index in [9.17, 15) is 9.59 Å². The number of aryl methyl sites for hydroxylation is 2. The molecule has 0 spiro atoms. The van der Waals surface area contributed by atoms with Crippen LogP contribution < -0.4 is 15.6 Å². The number of nitrogens with zero attached hydrogens (tertiary/aromatic N) is 2. The first kappa shape index (κ1) is 17.3. The van der Waals surface area contributed by atoms with Gasteiger partial charge in [0.15, 0.2) is 0 Å². The Balaban J connectivity index is 1.64. The van der Waals surface area contributed by atoms with Crippen molar-refractivity contribution in [1.29, 1.82) is 0 Å². The first-order chi connectivity index (χ1) is 12.5. The number of nitrogens with one attached hydrogen (secondary N) is 2. The highest BCUT2D eigenvalue weighted by Gasteiger charge is 2.10. The first-order valence-electron chi connectivity index (χ1n) is 8.05. The number of aromatic amines is 1. The van der Waals surface area contributed by atoms with Crippen molar-refractivity contribution >= 4 is 5.91 Å². The molecule has 0 aliphatic heterocycles. The molecular formula is C19H18N4O3. The van der Waals surface area contributed by atoms with Gasteiger partial charge < -0.3 is 15.0 Å². The number of amides is 1. The van der Waals surface area contributed by atoms with Gasteiger partial charge in [0.1, 0.15) is 5.75 Å². The number of rotatable bonds is 5. The Kier molecular flexibility index (Phi) is 5.07. The van der Waals surface area contributed by atoms with Gasteiger partial charge in [-0.2, -0.15) is 0 Å². The summed E-state index contributed by atoms with van der Waals surface area (Å²) in [6.45, 7) is 3.83. The van der Waals surface area contributed by atoms with Crippen LogP contribution >= 0.6 is 0 Å². The summed E-state index contributed by atoms with van der Waals surface area (Å²) >= 11 is 0. The maximum atomic E-state index is 12.3. The van der Waals surface area contributed by atoms with Crippen molar-refractivity contribution in [3.8, 4) is 11.8 Å². The topological polar surface area (TPSA) is 97.0 Å². The fourth-order valence-corrected chi connectivity index (χ4v) is 2.49. The van der Waals surface area contributed by atoms with Crippen LogP contribution in [0.5, 0.6) is 11.8 Å². The van der Waals surface area contributed by atoms with Crippen LogP contribution in [0.25, 0.3) is 0 Å². The number of hydrogen-bond acceptors (Lipinski definition) is 5. The Morgan fingerprint density at radius 3 is 2.50 bits per heavy atom. The standard InChI is InChI=1S/C19H18N4O3/c1-12-10-13(2)23-18(25)16(12)11-22-17(24)14-4-6-15(7-5-14)26-19-20-8-3-9-21-19/h3-10H,11H2,1-2H3,(H,22,24)(H,23,25). The highest BCUT2D eigenvalue weighted by molar-refractivity contribution is 5.94. The summed E-state index contributed by atoms with van der Waals surface area (Å²) in [6, 6.07) is 10.4. The van der Waals surface area contributed by atoms with Crippen molar-refractivity contribution in [2.45, 2.75) is 20.4 Å². The van der Waals surface area contributed by atoms with Gasteiger partial charge in [-0.1, -0.05) is 0 Å². The summed E-state index contributed by atoms with van der Waals surface area (Å²) in [7, 11) is 0. The molecule has 0 fully saturated rings. The Hall–Kier alpha value is -3.48. The van der Waals surface area contributed by atoms with E-state index in [4.69, 9.17) is 4.74 Å². The molecular weight excluding hydrogens is 332 g/mol. The molecule has 0 unspecified atom stereocenters. The van der Waals surface area contributed by atoms with Crippen molar-refractivity contribution in [2.75, 3.05) is 0 Å². The number of benzene rings is 1. The average molecular weight is 350 g/mol. The Bertz CT molecular complexity index is 966. The fraction of sp³-hybridized carbons (Fsp3) is 0.158. The summed E-state index contributed by atoms with van der Waals surface area (Å²) in [5.74, 6) is 0.255. The summed E-state index contributed by atoms with van der Waals surface area (Å²) < 4.78 is 5.49. The minimum Gasteiger partial charge on any atom is -0.424 e. The van der Waals surface area contributed by atoms with Crippen LogP contribution in [0.15, 0.2) is 53.6 Å². The maximum absolute atomic E-state index is 12.3. The fourth-order valence-electron chi connectivity index (χ4n) is 2.49. The van der Waals surface area contributed by atoms with Gasteiger partial charge in [0.05, 0.1) is 0 Å². The van der Waals surface area contributed by atoms with E-state index in [1.807, 2.05) is 19.9 Å². The zero-order valence-electron chi connectivity index (χ0n) is 14.4. The van der Waals surface area contributed by atoms with Crippen LogP contribution in [0, 0.1) is 13.8 Å². The molecule has 0 atom stereocenters. The van der Waals surface area contributed by atoms with Crippen LogP contribution in [-0.2, 0) is 6.54 Å². The van der Waals surface area contributed by atoms with Crippen molar-refractivity contribution in [2.24, 2.45) is 0 Å². The van der Waals surface area contributed by atoms with Crippen LogP contribution in [0.3, 0.4) is 0 Å². The predicted octanol–water partition coefficient (Wildman–Crippen LogP) is 2.50. The number of carbonyl (C=O) groups excluding carboxylic acids is 1. The van der Waals surface area contributed by atoms with Crippen LogP contribution in [-0.4, -0.2) is 20.9 Å². The third kappa shape index (κ3) is 4.13. The molecule has 26 heavy (non-hydrogen) atoms. The Morgan fingerprint density at radius 2 is 1.85 bits per heavy atom. The van der Waals surface area contributed by atoms with E-state index < -0.39 is 0 Å². The van der Waals surface area contributed by atoms with Crippen molar-refractivity contribution in [3.05, 3.63) is 81.5 Å². The molecule has 2 N–H and O–H groups in total. The van der Waals surface area contributed by atoms with E-state index in [0.717, 1.165) is 11.3 Å². The van der Waals surface area contributed by atoms with Crippen LogP contribution in [0.2, 0.25) is 0 Å². The molecule has 1 aromatic carbocycles. The summed E-state index contributed by atoms with van der Waals surface area (Å²) in [5.41, 5.74) is 2.46. The molecule has 3 rings (SSSR count). The number of ether oxygens (including phenoxy) is 1. The minimum absolute atomic E-state index is 0.163. The SMILES string of the molecule is Cc1cc(C)c(CNC(=O)c2ccc(Oc3ncccn3)cc2)c(=O)[nH]1. The molecule has 0 saturated heterocycles. The molecule has 0 aliphatic carbocycles. The average Bonchev–Trinajstić information content (AvgIpc) is 2.62. The summed E-state index contributed by atoms with van der Waals surface area (Å²) in [6.07, 6.45) is 3.16. The van der Waals surface area contributed by atoms with Gasteiger partial charge >= 0.3 is 6.01 Å². The highest BCUT2D eigenvalue weighted by Crippen LogP contribution is 2.17. The molecule has 2 aromatic heterocycles. The van der Waals surface area contributed by atoms with Crippen molar-refractivity contribution < 1.29 is 9.53 Å². The third-order valence-electron chi connectivity index (χ3n) is 3.79. The highest BCUT2D eigenvalue weighted by atomic mass is 16.5. The monoisotopic (exact) mass is 350 g/mol. The lowest BCUT2D eigenvalue weighted by Crippen LogP contribution is -2.27. The number of carbonyl (C=O) groups is 1. The maximum Gasteiger partial charge on any atom is 0.321 e. The van der Waals surface area contributed by atoms with E-state index in [-0.39, 0.29) is 24.0 Å². The largest absolute Gasteiger partial charge is 0.424 e. The molecule has 0 bridgehead atoms.